The van der Waals surface area contributed by atoms with Gasteiger partial charge in [0.1, 0.15) is 0 Å². The van der Waals surface area contributed by atoms with Crippen molar-refractivity contribution in [3.63, 3.8) is 0 Å². The van der Waals surface area contributed by atoms with Gasteiger partial charge in [0, 0.05) is 6.61 Å². The van der Waals surface area contributed by atoms with E-state index in [9.17, 15) is 9.90 Å². The Hall–Kier alpha value is -1.17. The lowest BCUT2D eigenvalue weighted by atomic mass is 9.93. The maximum absolute atomic E-state index is 12.1. The van der Waals surface area contributed by atoms with Crippen molar-refractivity contribution in [3.05, 3.63) is 35.9 Å². The Morgan fingerprint density at radius 2 is 1.78 bits per heavy atom. The number of esters is 1. The molecule has 1 aromatic carbocycles. The first-order valence-corrected chi connectivity index (χ1v) is 11.0. The standard InChI is InChI=1S/C18H30O4Si/c1-18(2,3)23(5,6)22-13-12-15(17(20)21-4)16(19)14-10-8-7-9-11-14/h7-11,15-16,19H,12-13H2,1-6H3/t15-,16-/m0/s1. The number of aliphatic hydroxyl groups is 1. The number of carbonyl (C=O) groups is 1. The van der Waals surface area contributed by atoms with Gasteiger partial charge in [-0.2, -0.15) is 0 Å². The summed E-state index contributed by atoms with van der Waals surface area (Å²) in [4.78, 5) is 12.1. The number of rotatable bonds is 7. The van der Waals surface area contributed by atoms with Crippen LogP contribution in [0.2, 0.25) is 18.1 Å². The molecular weight excluding hydrogens is 308 g/mol. The highest BCUT2D eigenvalue weighted by Crippen LogP contribution is 2.37. The molecule has 0 aliphatic heterocycles. The number of carbonyl (C=O) groups excluding carboxylic acids is 1. The lowest BCUT2D eigenvalue weighted by Crippen LogP contribution is -2.41. The Labute approximate surface area is 140 Å². The first kappa shape index (κ1) is 19.9. The lowest BCUT2D eigenvalue weighted by molar-refractivity contribution is -0.150. The monoisotopic (exact) mass is 338 g/mol. The summed E-state index contributed by atoms with van der Waals surface area (Å²) in [5.41, 5.74) is 0.718. The summed E-state index contributed by atoms with van der Waals surface area (Å²) in [7, 11) is -0.516. The topological polar surface area (TPSA) is 55.8 Å². The van der Waals surface area contributed by atoms with Gasteiger partial charge in [-0.25, -0.2) is 0 Å². The van der Waals surface area contributed by atoms with Gasteiger partial charge in [-0.1, -0.05) is 51.1 Å². The number of ether oxygens (including phenoxy) is 1. The van der Waals surface area contributed by atoms with Crippen molar-refractivity contribution in [2.45, 2.75) is 51.4 Å². The fourth-order valence-corrected chi connectivity index (χ4v) is 3.16. The Bertz CT molecular complexity index is 493. The van der Waals surface area contributed by atoms with E-state index in [2.05, 4.69) is 33.9 Å². The van der Waals surface area contributed by atoms with Crippen molar-refractivity contribution in [1.82, 2.24) is 0 Å². The molecule has 23 heavy (non-hydrogen) atoms. The first-order chi connectivity index (χ1) is 10.6. The molecule has 1 aromatic rings. The first-order valence-electron chi connectivity index (χ1n) is 8.05. The minimum Gasteiger partial charge on any atom is -0.469 e. The number of benzene rings is 1. The molecule has 0 bridgehead atoms. The normalized spacial score (nSPS) is 15.1. The molecule has 0 saturated carbocycles. The molecule has 0 unspecified atom stereocenters. The second-order valence-electron chi connectivity index (χ2n) is 7.38. The highest BCUT2D eigenvalue weighted by molar-refractivity contribution is 6.74. The van der Waals surface area contributed by atoms with Crippen LogP contribution in [0.4, 0.5) is 0 Å². The minimum atomic E-state index is -1.86. The summed E-state index contributed by atoms with van der Waals surface area (Å²) < 4.78 is 11.0. The zero-order chi connectivity index (χ0) is 17.7. The van der Waals surface area contributed by atoms with Gasteiger partial charge in [-0.05, 0) is 30.1 Å². The van der Waals surface area contributed by atoms with Crippen molar-refractivity contribution < 1.29 is 19.1 Å². The fourth-order valence-electron chi connectivity index (χ4n) is 2.10. The molecule has 0 radical (unpaired) electrons. The smallest absolute Gasteiger partial charge is 0.311 e. The number of hydrogen-bond donors (Lipinski definition) is 1. The molecule has 5 heteroatoms. The highest BCUT2D eigenvalue weighted by atomic mass is 28.4. The number of hydrogen-bond acceptors (Lipinski definition) is 4. The SMILES string of the molecule is COC(=O)[C@@H](CCO[Si](C)(C)C(C)(C)C)[C@@H](O)c1ccccc1. The Balaban J connectivity index is 2.75. The van der Waals surface area contributed by atoms with E-state index >= 15 is 0 Å². The minimum absolute atomic E-state index is 0.117. The van der Waals surface area contributed by atoms with Gasteiger partial charge < -0.3 is 14.3 Å². The largest absolute Gasteiger partial charge is 0.469 e. The molecule has 0 aliphatic rings. The molecule has 0 amide bonds. The van der Waals surface area contributed by atoms with Crippen LogP contribution in [0.3, 0.4) is 0 Å². The molecule has 1 N–H and O–H groups in total. The van der Waals surface area contributed by atoms with Gasteiger partial charge in [0.2, 0.25) is 0 Å². The summed E-state index contributed by atoms with van der Waals surface area (Å²) in [6, 6.07) is 9.20. The molecule has 130 valence electrons. The van der Waals surface area contributed by atoms with Gasteiger partial charge in [0.15, 0.2) is 8.32 Å². The van der Waals surface area contributed by atoms with Crippen molar-refractivity contribution in [3.8, 4) is 0 Å². The van der Waals surface area contributed by atoms with Crippen LogP contribution < -0.4 is 0 Å². The zero-order valence-corrected chi connectivity index (χ0v) is 16.1. The lowest BCUT2D eigenvalue weighted by Gasteiger charge is -2.36. The second-order valence-corrected chi connectivity index (χ2v) is 12.2. The van der Waals surface area contributed by atoms with Crippen molar-refractivity contribution in [1.29, 1.82) is 0 Å². The Kier molecular flexibility index (Phi) is 6.98. The third-order valence-electron chi connectivity index (χ3n) is 4.72. The maximum Gasteiger partial charge on any atom is 0.311 e. The molecule has 1 rings (SSSR count). The van der Waals surface area contributed by atoms with E-state index in [1.807, 2.05) is 30.3 Å². The quantitative estimate of drug-likeness (QED) is 0.605. The molecule has 0 aliphatic carbocycles. The van der Waals surface area contributed by atoms with Crippen LogP contribution in [0, 0.1) is 5.92 Å². The van der Waals surface area contributed by atoms with Crippen molar-refractivity contribution in [2.24, 2.45) is 5.92 Å². The average Bonchev–Trinajstić information content (AvgIpc) is 2.50. The van der Waals surface area contributed by atoms with E-state index in [0.717, 1.165) is 5.56 Å². The molecule has 2 atom stereocenters. The molecular formula is C18H30O4Si. The molecule has 0 aromatic heterocycles. The van der Waals surface area contributed by atoms with Crippen molar-refractivity contribution in [2.75, 3.05) is 13.7 Å². The van der Waals surface area contributed by atoms with Gasteiger partial charge in [0.05, 0.1) is 19.1 Å². The molecule has 0 heterocycles. The summed E-state index contributed by atoms with van der Waals surface area (Å²) in [5, 5.41) is 10.6. The third kappa shape index (κ3) is 5.44. The van der Waals surface area contributed by atoms with Crippen LogP contribution in [-0.2, 0) is 14.0 Å². The average molecular weight is 339 g/mol. The molecule has 4 nitrogen and oxygen atoms in total. The predicted octanol–water partition coefficient (Wildman–Crippen LogP) is 3.92. The van der Waals surface area contributed by atoms with Crippen LogP contribution in [0.1, 0.15) is 38.9 Å². The van der Waals surface area contributed by atoms with E-state index < -0.39 is 26.3 Å². The van der Waals surface area contributed by atoms with E-state index in [0.29, 0.717) is 13.0 Å². The summed E-state index contributed by atoms with van der Waals surface area (Å²) in [6.07, 6.45) is -0.443. The van der Waals surface area contributed by atoms with Crippen molar-refractivity contribution >= 4 is 14.3 Å². The number of aliphatic hydroxyl groups excluding tert-OH is 1. The summed E-state index contributed by atoms with van der Waals surface area (Å²) in [6.45, 7) is 11.3. The van der Waals surface area contributed by atoms with Crippen LogP contribution >= 0.6 is 0 Å². The summed E-state index contributed by atoms with van der Waals surface area (Å²) in [5.74, 6) is -1.02. The third-order valence-corrected chi connectivity index (χ3v) is 9.26. The predicted molar refractivity (Wildman–Crippen MR) is 94.7 cm³/mol. The Morgan fingerprint density at radius 3 is 2.26 bits per heavy atom. The van der Waals surface area contributed by atoms with E-state index in [1.54, 1.807) is 0 Å². The van der Waals surface area contributed by atoms with Gasteiger partial charge in [-0.15, -0.1) is 0 Å². The van der Waals surface area contributed by atoms with E-state index in [4.69, 9.17) is 9.16 Å². The zero-order valence-electron chi connectivity index (χ0n) is 15.1. The molecule has 0 spiro atoms. The van der Waals surface area contributed by atoms with Crippen LogP contribution in [-0.4, -0.2) is 33.1 Å². The Morgan fingerprint density at radius 1 is 1.22 bits per heavy atom. The van der Waals surface area contributed by atoms with Crippen LogP contribution in [0.25, 0.3) is 0 Å². The van der Waals surface area contributed by atoms with Gasteiger partial charge in [0.25, 0.3) is 0 Å². The second kappa shape index (κ2) is 8.08. The number of methoxy groups -OCH3 is 1. The highest BCUT2D eigenvalue weighted by Gasteiger charge is 2.38. The fraction of sp³-hybridized carbons (Fsp3) is 0.611. The van der Waals surface area contributed by atoms with E-state index in [1.165, 1.54) is 7.11 Å². The molecule has 0 saturated heterocycles. The molecule has 0 fully saturated rings. The summed E-state index contributed by atoms with van der Waals surface area (Å²) >= 11 is 0. The van der Waals surface area contributed by atoms with Gasteiger partial charge >= 0.3 is 5.97 Å². The van der Waals surface area contributed by atoms with Crippen LogP contribution in [0.15, 0.2) is 30.3 Å². The van der Waals surface area contributed by atoms with Gasteiger partial charge in [-0.3, -0.25) is 4.79 Å². The van der Waals surface area contributed by atoms with E-state index in [-0.39, 0.29) is 5.04 Å². The van der Waals surface area contributed by atoms with Crippen LogP contribution in [0.5, 0.6) is 0 Å². The maximum atomic E-state index is 12.1.